The molecule has 0 amide bonds. The molecular weight excluding hydrogens is 294 g/mol. The summed E-state index contributed by atoms with van der Waals surface area (Å²) in [5, 5.41) is 3.27. The monoisotopic (exact) mass is 317 g/mol. The third-order valence-corrected chi connectivity index (χ3v) is 3.21. The molecule has 0 radical (unpaired) electrons. The Kier molecular flexibility index (Phi) is 7.07. The largest absolute Gasteiger partial charge is 0.493 e. The van der Waals surface area contributed by atoms with Crippen molar-refractivity contribution in [1.82, 2.24) is 5.32 Å². The molecule has 1 N–H and O–H groups in total. The average Bonchev–Trinajstić information content (AvgIpc) is 2.61. The van der Waals surface area contributed by atoms with Crippen LogP contribution in [-0.2, 0) is 0 Å². The van der Waals surface area contributed by atoms with Crippen LogP contribution in [0.4, 0.5) is 0 Å². The first-order valence-electron chi connectivity index (χ1n) is 7.57. The molecule has 23 heavy (non-hydrogen) atoms. The van der Waals surface area contributed by atoms with Crippen molar-refractivity contribution in [1.29, 1.82) is 0 Å². The maximum atomic E-state index is 5.68. The molecule has 0 aliphatic rings. The van der Waals surface area contributed by atoms with Gasteiger partial charge in [-0.3, -0.25) is 0 Å². The van der Waals surface area contributed by atoms with Crippen molar-refractivity contribution in [3.63, 3.8) is 0 Å². The van der Waals surface area contributed by atoms with Gasteiger partial charge in [-0.25, -0.2) is 0 Å². The first-order chi connectivity index (χ1) is 11.3. The Balaban J connectivity index is 1.61. The molecule has 0 bridgehead atoms. The van der Waals surface area contributed by atoms with Gasteiger partial charge in [0, 0.05) is 13.1 Å². The van der Waals surface area contributed by atoms with Crippen LogP contribution in [0.5, 0.6) is 23.0 Å². The SMILES string of the molecule is COc1ccccc1OCCNCCOc1ccccc1OC. The van der Waals surface area contributed by atoms with Gasteiger partial charge in [-0.15, -0.1) is 0 Å². The Labute approximate surface area is 137 Å². The molecule has 2 rings (SSSR count). The summed E-state index contributed by atoms with van der Waals surface area (Å²) < 4.78 is 21.8. The second-order valence-electron chi connectivity index (χ2n) is 4.75. The van der Waals surface area contributed by atoms with E-state index in [9.17, 15) is 0 Å². The second kappa shape index (κ2) is 9.58. The van der Waals surface area contributed by atoms with Gasteiger partial charge in [0.25, 0.3) is 0 Å². The number of para-hydroxylation sites is 4. The van der Waals surface area contributed by atoms with Crippen molar-refractivity contribution in [2.24, 2.45) is 0 Å². The molecule has 2 aromatic rings. The fourth-order valence-electron chi connectivity index (χ4n) is 2.07. The number of hydrogen-bond donors (Lipinski definition) is 1. The zero-order chi connectivity index (χ0) is 16.3. The minimum Gasteiger partial charge on any atom is -0.493 e. The van der Waals surface area contributed by atoms with Gasteiger partial charge in [-0.05, 0) is 24.3 Å². The highest BCUT2D eigenvalue weighted by molar-refractivity contribution is 5.39. The van der Waals surface area contributed by atoms with E-state index in [0.717, 1.165) is 36.1 Å². The number of nitrogens with one attached hydrogen (secondary N) is 1. The average molecular weight is 317 g/mol. The highest BCUT2D eigenvalue weighted by Gasteiger charge is 2.03. The lowest BCUT2D eigenvalue weighted by molar-refractivity contribution is 0.272. The second-order valence-corrected chi connectivity index (χ2v) is 4.75. The summed E-state index contributed by atoms with van der Waals surface area (Å²) in [5.74, 6) is 2.99. The molecule has 0 aromatic heterocycles. The smallest absolute Gasteiger partial charge is 0.161 e. The van der Waals surface area contributed by atoms with Gasteiger partial charge in [0.15, 0.2) is 23.0 Å². The number of ether oxygens (including phenoxy) is 4. The molecular formula is C18H23NO4. The van der Waals surface area contributed by atoms with Crippen LogP contribution in [-0.4, -0.2) is 40.5 Å². The quantitative estimate of drug-likeness (QED) is 0.683. The van der Waals surface area contributed by atoms with E-state index in [1.54, 1.807) is 14.2 Å². The molecule has 0 aliphatic carbocycles. The molecule has 0 aliphatic heterocycles. The third-order valence-electron chi connectivity index (χ3n) is 3.21. The zero-order valence-corrected chi connectivity index (χ0v) is 13.6. The Morgan fingerprint density at radius 1 is 0.652 bits per heavy atom. The Bertz CT molecular complexity index is 537. The number of methoxy groups -OCH3 is 2. The van der Waals surface area contributed by atoms with Gasteiger partial charge < -0.3 is 24.3 Å². The summed E-state index contributed by atoms with van der Waals surface area (Å²) in [6.45, 7) is 2.59. The Hall–Kier alpha value is -2.40. The summed E-state index contributed by atoms with van der Waals surface area (Å²) in [6, 6.07) is 15.2. The van der Waals surface area contributed by atoms with E-state index in [1.807, 2.05) is 48.5 Å². The maximum Gasteiger partial charge on any atom is 0.161 e. The molecule has 0 spiro atoms. The fourth-order valence-corrected chi connectivity index (χ4v) is 2.07. The lowest BCUT2D eigenvalue weighted by Gasteiger charge is -2.12. The van der Waals surface area contributed by atoms with Crippen LogP contribution in [0.25, 0.3) is 0 Å². The minimum absolute atomic E-state index is 0.565. The van der Waals surface area contributed by atoms with Crippen LogP contribution in [0.2, 0.25) is 0 Å². The summed E-state index contributed by atoms with van der Waals surface area (Å²) in [7, 11) is 3.27. The number of hydrogen-bond acceptors (Lipinski definition) is 5. The van der Waals surface area contributed by atoms with Crippen LogP contribution in [0.1, 0.15) is 0 Å². The van der Waals surface area contributed by atoms with Crippen molar-refractivity contribution in [3.05, 3.63) is 48.5 Å². The molecule has 5 nitrogen and oxygen atoms in total. The molecule has 0 heterocycles. The van der Waals surface area contributed by atoms with E-state index >= 15 is 0 Å². The minimum atomic E-state index is 0.565. The third kappa shape index (κ3) is 5.38. The van der Waals surface area contributed by atoms with Gasteiger partial charge in [0.1, 0.15) is 13.2 Å². The van der Waals surface area contributed by atoms with E-state index in [0.29, 0.717) is 13.2 Å². The zero-order valence-electron chi connectivity index (χ0n) is 13.6. The van der Waals surface area contributed by atoms with E-state index < -0.39 is 0 Å². The van der Waals surface area contributed by atoms with Crippen molar-refractivity contribution in [2.75, 3.05) is 40.5 Å². The van der Waals surface area contributed by atoms with Crippen molar-refractivity contribution in [2.45, 2.75) is 0 Å². The Morgan fingerprint density at radius 2 is 1.04 bits per heavy atom. The van der Waals surface area contributed by atoms with E-state index in [-0.39, 0.29) is 0 Å². The molecule has 5 heteroatoms. The predicted molar refractivity (Wildman–Crippen MR) is 89.8 cm³/mol. The van der Waals surface area contributed by atoms with Crippen LogP contribution in [0.15, 0.2) is 48.5 Å². The molecule has 2 aromatic carbocycles. The van der Waals surface area contributed by atoms with Crippen LogP contribution in [0.3, 0.4) is 0 Å². The van der Waals surface area contributed by atoms with Gasteiger partial charge in [0.05, 0.1) is 14.2 Å². The van der Waals surface area contributed by atoms with Crippen molar-refractivity contribution < 1.29 is 18.9 Å². The highest BCUT2D eigenvalue weighted by Crippen LogP contribution is 2.26. The van der Waals surface area contributed by atoms with Crippen LogP contribution >= 0.6 is 0 Å². The summed E-state index contributed by atoms with van der Waals surface area (Å²) >= 11 is 0. The van der Waals surface area contributed by atoms with Crippen molar-refractivity contribution >= 4 is 0 Å². The summed E-state index contributed by atoms with van der Waals surface area (Å²) in [5.41, 5.74) is 0. The highest BCUT2D eigenvalue weighted by atomic mass is 16.5. The first-order valence-corrected chi connectivity index (χ1v) is 7.57. The Morgan fingerprint density at radius 3 is 1.43 bits per heavy atom. The van der Waals surface area contributed by atoms with E-state index in [2.05, 4.69) is 5.32 Å². The molecule has 0 saturated heterocycles. The molecule has 0 fully saturated rings. The summed E-state index contributed by atoms with van der Waals surface area (Å²) in [4.78, 5) is 0. The fraction of sp³-hybridized carbons (Fsp3) is 0.333. The normalized spacial score (nSPS) is 10.2. The maximum absolute atomic E-state index is 5.68. The lowest BCUT2D eigenvalue weighted by Crippen LogP contribution is -2.26. The van der Waals surface area contributed by atoms with E-state index in [1.165, 1.54) is 0 Å². The molecule has 0 atom stereocenters. The standard InChI is InChI=1S/C18H23NO4/c1-20-15-7-3-5-9-17(15)22-13-11-19-12-14-23-18-10-6-4-8-16(18)21-2/h3-10,19H,11-14H2,1-2H3. The molecule has 0 unspecified atom stereocenters. The first kappa shape index (κ1) is 17.0. The topological polar surface area (TPSA) is 49.0 Å². The van der Waals surface area contributed by atoms with Gasteiger partial charge in [-0.1, -0.05) is 24.3 Å². The van der Waals surface area contributed by atoms with Gasteiger partial charge in [-0.2, -0.15) is 0 Å². The van der Waals surface area contributed by atoms with Crippen molar-refractivity contribution in [3.8, 4) is 23.0 Å². The summed E-state index contributed by atoms with van der Waals surface area (Å²) in [6.07, 6.45) is 0. The van der Waals surface area contributed by atoms with Gasteiger partial charge in [0.2, 0.25) is 0 Å². The van der Waals surface area contributed by atoms with Crippen LogP contribution < -0.4 is 24.3 Å². The lowest BCUT2D eigenvalue weighted by atomic mass is 10.3. The molecule has 0 saturated carbocycles. The van der Waals surface area contributed by atoms with Gasteiger partial charge >= 0.3 is 0 Å². The molecule has 124 valence electrons. The number of benzene rings is 2. The van der Waals surface area contributed by atoms with E-state index in [4.69, 9.17) is 18.9 Å². The van der Waals surface area contributed by atoms with Crippen LogP contribution in [0, 0.1) is 0 Å². The number of rotatable bonds is 10. The predicted octanol–water partition coefficient (Wildman–Crippen LogP) is 2.75.